The maximum Gasteiger partial charge on any atom is 0.417 e. The summed E-state index contributed by atoms with van der Waals surface area (Å²) in [6, 6.07) is 2.30. The van der Waals surface area contributed by atoms with Crippen molar-refractivity contribution in [1.82, 2.24) is 15.8 Å². The lowest BCUT2D eigenvalue weighted by molar-refractivity contribution is -0.140. The first-order valence-electron chi connectivity index (χ1n) is 10.2. The Kier molecular flexibility index (Phi) is 9.77. The lowest BCUT2D eigenvalue weighted by Gasteiger charge is -2.21. The van der Waals surface area contributed by atoms with Gasteiger partial charge in [0.2, 0.25) is 0 Å². The molecule has 0 aromatic heterocycles. The number of amides is 3. The summed E-state index contributed by atoms with van der Waals surface area (Å²) in [5, 5.41) is 1.06. The van der Waals surface area contributed by atoms with Crippen molar-refractivity contribution in [2.75, 3.05) is 13.6 Å². The van der Waals surface area contributed by atoms with Crippen LogP contribution in [0.25, 0.3) is 5.83 Å². The number of hydrazine groups is 1. The van der Waals surface area contributed by atoms with Crippen LogP contribution in [0.4, 0.5) is 48.7 Å². The Bertz CT molecular complexity index is 1240. The first-order chi connectivity index (χ1) is 17.7. The van der Waals surface area contributed by atoms with Crippen LogP contribution in [0.15, 0.2) is 42.5 Å². The lowest BCUT2D eigenvalue weighted by atomic mass is 9.95. The number of rotatable bonds is 5. The van der Waals surface area contributed by atoms with Crippen LogP contribution in [0.1, 0.15) is 33.0 Å². The number of nitrogens with zero attached hydrogens (tertiary/aromatic N) is 1. The Morgan fingerprint density at radius 1 is 0.949 bits per heavy atom. The van der Waals surface area contributed by atoms with Crippen LogP contribution in [0.2, 0.25) is 10.0 Å². The number of nitrogens with one attached hydrogen (secondary N) is 2. The van der Waals surface area contributed by atoms with E-state index < -0.39 is 71.0 Å². The summed E-state index contributed by atoms with van der Waals surface area (Å²) >= 11 is 11.4. The standard InChI is InChI=1S/C22H15Cl2F10N3O2/c1-37(19(39)35-9-20(26,27)28)36-18(38)14-3-2-10(6-16(14)22(32,33)34)17(25)8-15(21(29,30)31)11-4-12(23)7-13(24)5-11/h2-8,15H,9H2,1H3,(H,35,39)(H,36,38). The van der Waals surface area contributed by atoms with Gasteiger partial charge in [-0.15, -0.1) is 0 Å². The second-order valence-corrected chi connectivity index (χ2v) is 8.64. The molecule has 1 atom stereocenters. The summed E-state index contributed by atoms with van der Waals surface area (Å²) < 4.78 is 133. The summed E-state index contributed by atoms with van der Waals surface area (Å²) in [5.41, 5.74) is -2.99. The quantitative estimate of drug-likeness (QED) is 0.271. The molecule has 3 amide bonds. The molecule has 0 aliphatic heterocycles. The third-order valence-electron chi connectivity index (χ3n) is 4.77. The molecule has 0 fully saturated rings. The highest BCUT2D eigenvalue weighted by Crippen LogP contribution is 2.41. The van der Waals surface area contributed by atoms with E-state index in [9.17, 15) is 53.5 Å². The van der Waals surface area contributed by atoms with Gasteiger partial charge in [-0.2, -0.15) is 39.5 Å². The molecule has 0 bridgehead atoms. The maximum atomic E-state index is 14.9. The smallest absolute Gasteiger partial charge is 0.327 e. The zero-order valence-corrected chi connectivity index (χ0v) is 20.6. The molecular weight excluding hydrogens is 599 g/mol. The van der Waals surface area contributed by atoms with Crippen LogP contribution < -0.4 is 10.7 Å². The zero-order valence-electron chi connectivity index (χ0n) is 19.1. The van der Waals surface area contributed by atoms with E-state index in [2.05, 4.69) is 0 Å². The highest BCUT2D eigenvalue weighted by molar-refractivity contribution is 6.34. The Hall–Kier alpha value is -3.20. The van der Waals surface area contributed by atoms with Gasteiger partial charge in [0.15, 0.2) is 0 Å². The van der Waals surface area contributed by atoms with Crippen LogP contribution in [0.3, 0.4) is 0 Å². The molecule has 1 unspecified atom stereocenters. The highest BCUT2D eigenvalue weighted by Gasteiger charge is 2.41. The van der Waals surface area contributed by atoms with Gasteiger partial charge in [0.25, 0.3) is 5.91 Å². The number of carbonyl (C=O) groups is 2. The van der Waals surface area contributed by atoms with Gasteiger partial charge in [0.05, 0.1) is 11.1 Å². The van der Waals surface area contributed by atoms with E-state index >= 15 is 0 Å². The van der Waals surface area contributed by atoms with Gasteiger partial charge in [0, 0.05) is 22.7 Å². The number of hydrogen-bond donors (Lipinski definition) is 2. The fourth-order valence-corrected chi connectivity index (χ4v) is 3.60. The van der Waals surface area contributed by atoms with Gasteiger partial charge in [-0.3, -0.25) is 10.2 Å². The molecule has 0 aliphatic rings. The van der Waals surface area contributed by atoms with Gasteiger partial charge in [-0.05, 0) is 42.0 Å². The number of alkyl halides is 9. The average molecular weight is 614 g/mol. The van der Waals surface area contributed by atoms with Gasteiger partial charge >= 0.3 is 24.6 Å². The number of allylic oxidation sites excluding steroid dienone is 1. The molecule has 214 valence electrons. The zero-order chi connectivity index (χ0) is 29.9. The fourth-order valence-electron chi connectivity index (χ4n) is 3.06. The van der Waals surface area contributed by atoms with E-state index in [1.54, 1.807) is 5.43 Å². The predicted molar refractivity (Wildman–Crippen MR) is 120 cm³/mol. The van der Waals surface area contributed by atoms with Crippen molar-refractivity contribution < 1.29 is 53.5 Å². The third kappa shape index (κ3) is 9.20. The Morgan fingerprint density at radius 2 is 1.51 bits per heavy atom. The van der Waals surface area contributed by atoms with Gasteiger partial charge in [0.1, 0.15) is 18.3 Å². The molecule has 0 heterocycles. The molecule has 0 aliphatic carbocycles. The van der Waals surface area contributed by atoms with Crippen LogP contribution >= 0.6 is 23.2 Å². The van der Waals surface area contributed by atoms with E-state index in [0.29, 0.717) is 12.1 Å². The van der Waals surface area contributed by atoms with E-state index in [4.69, 9.17) is 23.2 Å². The van der Waals surface area contributed by atoms with Crippen molar-refractivity contribution in [1.29, 1.82) is 0 Å². The monoisotopic (exact) mass is 613 g/mol. The van der Waals surface area contributed by atoms with Gasteiger partial charge in [-0.25, -0.2) is 14.2 Å². The first-order valence-corrected chi connectivity index (χ1v) is 11.0. The largest absolute Gasteiger partial charge is 0.417 e. The van der Waals surface area contributed by atoms with Crippen LogP contribution in [-0.2, 0) is 6.18 Å². The maximum absolute atomic E-state index is 14.9. The summed E-state index contributed by atoms with van der Waals surface area (Å²) in [5.74, 6) is -6.05. The molecular formula is C22H15Cl2F10N3O2. The topological polar surface area (TPSA) is 61.4 Å². The normalized spacial score (nSPS) is 13.6. The van der Waals surface area contributed by atoms with Gasteiger partial charge < -0.3 is 5.32 Å². The second kappa shape index (κ2) is 11.9. The van der Waals surface area contributed by atoms with Crippen molar-refractivity contribution in [2.45, 2.75) is 24.4 Å². The number of halogens is 12. The molecule has 0 spiro atoms. The van der Waals surface area contributed by atoms with E-state index in [0.717, 1.165) is 25.2 Å². The fraction of sp³-hybridized carbons (Fsp3) is 0.273. The molecule has 0 saturated heterocycles. The minimum atomic E-state index is -5.34. The SMILES string of the molecule is CN(NC(=O)c1ccc(C(F)=CC(c2cc(Cl)cc(Cl)c2)C(F)(F)F)cc1C(F)(F)F)C(=O)NCC(F)(F)F. The number of carbonyl (C=O) groups excluding carboxylic acids is 2. The predicted octanol–water partition coefficient (Wildman–Crippen LogP) is 7.52. The molecule has 2 rings (SSSR count). The molecule has 39 heavy (non-hydrogen) atoms. The average Bonchev–Trinajstić information content (AvgIpc) is 2.77. The minimum absolute atomic E-state index is 0.00398. The summed E-state index contributed by atoms with van der Waals surface area (Å²) in [7, 11) is 0.729. The Morgan fingerprint density at radius 3 is 2.00 bits per heavy atom. The highest BCUT2D eigenvalue weighted by atomic mass is 35.5. The van der Waals surface area contributed by atoms with Gasteiger partial charge in [-0.1, -0.05) is 29.3 Å². The van der Waals surface area contributed by atoms with Crippen molar-refractivity contribution in [3.63, 3.8) is 0 Å². The van der Waals surface area contributed by atoms with Crippen LogP contribution in [0, 0.1) is 0 Å². The summed E-state index contributed by atoms with van der Waals surface area (Å²) in [4.78, 5) is 24.0. The van der Waals surface area contributed by atoms with E-state index in [-0.39, 0.29) is 27.2 Å². The molecule has 0 saturated carbocycles. The minimum Gasteiger partial charge on any atom is -0.327 e. The molecule has 2 aromatic carbocycles. The van der Waals surface area contributed by atoms with Crippen molar-refractivity contribution in [3.05, 3.63) is 74.8 Å². The molecule has 2 aromatic rings. The molecule has 17 heteroatoms. The van der Waals surface area contributed by atoms with Crippen molar-refractivity contribution in [3.8, 4) is 0 Å². The summed E-state index contributed by atoms with van der Waals surface area (Å²) in [6.07, 6.45) is -15.3. The van der Waals surface area contributed by atoms with Crippen LogP contribution in [0.5, 0.6) is 0 Å². The van der Waals surface area contributed by atoms with E-state index in [1.165, 1.54) is 5.32 Å². The summed E-state index contributed by atoms with van der Waals surface area (Å²) in [6.45, 7) is -1.81. The number of hydrogen-bond acceptors (Lipinski definition) is 2. The first kappa shape index (κ1) is 32.0. The van der Waals surface area contributed by atoms with Crippen LogP contribution in [-0.4, -0.2) is 42.9 Å². The molecule has 0 radical (unpaired) electrons. The Balaban J connectivity index is 2.43. The Labute approximate surface area is 223 Å². The van der Waals surface area contributed by atoms with E-state index in [1.807, 2.05) is 0 Å². The van der Waals surface area contributed by atoms with Crippen molar-refractivity contribution >= 4 is 41.0 Å². The second-order valence-electron chi connectivity index (χ2n) is 7.77. The lowest BCUT2D eigenvalue weighted by Crippen LogP contribution is -2.50. The number of urea groups is 1. The number of benzene rings is 2. The molecule has 5 nitrogen and oxygen atoms in total. The van der Waals surface area contributed by atoms with Crippen molar-refractivity contribution in [2.24, 2.45) is 0 Å². The third-order valence-corrected chi connectivity index (χ3v) is 5.21. The molecule has 2 N–H and O–H groups in total.